The van der Waals surface area contributed by atoms with E-state index in [1.165, 1.54) is 13.2 Å². The van der Waals surface area contributed by atoms with Crippen LogP contribution < -0.4 is 5.32 Å². The third kappa shape index (κ3) is 5.60. The first-order valence-electron chi connectivity index (χ1n) is 8.37. The van der Waals surface area contributed by atoms with Crippen LogP contribution in [0.1, 0.15) is 31.2 Å². The number of benzene rings is 1. The van der Waals surface area contributed by atoms with E-state index in [0.717, 1.165) is 25.8 Å². The van der Waals surface area contributed by atoms with E-state index in [0.29, 0.717) is 24.4 Å². The lowest BCUT2D eigenvalue weighted by atomic mass is 9.93. The largest absolute Gasteiger partial charge is 0.375 e. The van der Waals surface area contributed by atoms with Gasteiger partial charge in [0.15, 0.2) is 0 Å². The van der Waals surface area contributed by atoms with Gasteiger partial charge in [-0.25, -0.2) is 4.39 Å². The van der Waals surface area contributed by atoms with Crippen LogP contribution in [0.3, 0.4) is 0 Å². The molecule has 1 aliphatic heterocycles. The lowest BCUT2D eigenvalue weighted by Gasteiger charge is -2.32. The summed E-state index contributed by atoms with van der Waals surface area (Å²) in [6.45, 7) is 1.76. The van der Waals surface area contributed by atoms with Crippen molar-refractivity contribution in [3.63, 3.8) is 0 Å². The van der Waals surface area contributed by atoms with Gasteiger partial charge >= 0.3 is 0 Å². The maximum absolute atomic E-state index is 13.5. The molecule has 1 aromatic carbocycles. The molecule has 0 spiro atoms. The van der Waals surface area contributed by atoms with E-state index in [4.69, 9.17) is 4.74 Å². The first-order chi connectivity index (χ1) is 11.6. The zero-order chi connectivity index (χ0) is 17.4. The summed E-state index contributed by atoms with van der Waals surface area (Å²) in [6.07, 6.45) is 3.11. The Morgan fingerprint density at radius 2 is 2.17 bits per heavy atom. The second-order valence-corrected chi connectivity index (χ2v) is 6.19. The minimum Gasteiger partial charge on any atom is -0.375 e. The number of likely N-dealkylation sites (tertiary alicyclic amines) is 1. The summed E-state index contributed by atoms with van der Waals surface area (Å²) in [5, 5.41) is 2.75. The predicted molar refractivity (Wildman–Crippen MR) is 88.7 cm³/mol. The fourth-order valence-corrected chi connectivity index (χ4v) is 3.00. The highest BCUT2D eigenvalue weighted by Gasteiger charge is 2.23. The Morgan fingerprint density at radius 1 is 1.38 bits per heavy atom. The number of nitrogens with one attached hydrogen (secondary N) is 1. The summed E-state index contributed by atoms with van der Waals surface area (Å²) in [5.74, 6) is -0.0547. The molecule has 1 aromatic rings. The normalized spacial score (nSPS) is 17.6. The molecule has 1 fully saturated rings. The van der Waals surface area contributed by atoms with Crippen molar-refractivity contribution in [1.29, 1.82) is 0 Å². The lowest BCUT2D eigenvalue weighted by Crippen LogP contribution is -2.41. The van der Waals surface area contributed by atoms with Crippen LogP contribution in [0.15, 0.2) is 24.3 Å². The zero-order valence-electron chi connectivity index (χ0n) is 14.1. The van der Waals surface area contributed by atoms with Crippen LogP contribution in [0.5, 0.6) is 0 Å². The molecule has 1 saturated heterocycles. The molecule has 132 valence electrons. The third-order valence-electron chi connectivity index (χ3n) is 4.35. The van der Waals surface area contributed by atoms with Gasteiger partial charge in [0.2, 0.25) is 11.8 Å². The number of hydrogen-bond donors (Lipinski definition) is 1. The molecule has 5 nitrogen and oxygen atoms in total. The van der Waals surface area contributed by atoms with E-state index in [-0.39, 0.29) is 30.8 Å². The van der Waals surface area contributed by atoms with Crippen LogP contribution in [0.4, 0.5) is 4.39 Å². The van der Waals surface area contributed by atoms with Gasteiger partial charge in [-0.15, -0.1) is 0 Å². The van der Waals surface area contributed by atoms with Gasteiger partial charge in [0.05, 0.1) is 0 Å². The van der Waals surface area contributed by atoms with E-state index in [1.54, 1.807) is 18.2 Å². The molecule has 0 aliphatic carbocycles. The summed E-state index contributed by atoms with van der Waals surface area (Å²) in [5.41, 5.74) is 0.486. The molecule has 1 atom stereocenters. The molecule has 0 bridgehead atoms. The third-order valence-corrected chi connectivity index (χ3v) is 4.35. The minimum absolute atomic E-state index is 0.00574. The number of methoxy groups -OCH3 is 1. The van der Waals surface area contributed by atoms with Gasteiger partial charge < -0.3 is 15.0 Å². The van der Waals surface area contributed by atoms with Gasteiger partial charge in [-0.1, -0.05) is 18.2 Å². The van der Waals surface area contributed by atoms with E-state index in [2.05, 4.69) is 5.32 Å². The van der Waals surface area contributed by atoms with E-state index in [1.807, 2.05) is 4.90 Å². The lowest BCUT2D eigenvalue weighted by molar-refractivity contribution is -0.137. The standard InChI is InChI=1S/C18H25FN2O3/c1-24-13-18(23)21-10-4-5-14(12-21)8-9-17(22)20-11-15-6-2-3-7-16(15)19/h2-3,6-7,14H,4-5,8-13H2,1H3,(H,20,22)/t14-/m0/s1. The topological polar surface area (TPSA) is 58.6 Å². The molecule has 1 aliphatic rings. The van der Waals surface area contributed by atoms with Crippen molar-refractivity contribution in [2.24, 2.45) is 5.92 Å². The highest BCUT2D eigenvalue weighted by Crippen LogP contribution is 2.21. The van der Waals surface area contributed by atoms with Crippen LogP contribution in [-0.4, -0.2) is 43.5 Å². The maximum Gasteiger partial charge on any atom is 0.248 e. The number of nitrogens with zero attached hydrogens (tertiary/aromatic N) is 1. The van der Waals surface area contributed by atoms with Gasteiger partial charge in [-0.3, -0.25) is 9.59 Å². The molecule has 0 unspecified atom stereocenters. The van der Waals surface area contributed by atoms with Crippen molar-refractivity contribution < 1.29 is 18.7 Å². The Bertz CT molecular complexity index is 565. The first-order valence-corrected chi connectivity index (χ1v) is 8.37. The van der Waals surface area contributed by atoms with Crippen LogP contribution in [-0.2, 0) is 20.9 Å². The van der Waals surface area contributed by atoms with Crippen molar-refractivity contribution in [2.45, 2.75) is 32.2 Å². The summed E-state index contributed by atoms with van der Waals surface area (Å²) in [6, 6.07) is 6.42. The van der Waals surface area contributed by atoms with E-state index in [9.17, 15) is 14.0 Å². The van der Waals surface area contributed by atoms with Crippen LogP contribution in [0.25, 0.3) is 0 Å². The number of rotatable bonds is 7. The number of carbonyl (C=O) groups excluding carboxylic acids is 2. The molecule has 1 heterocycles. The highest BCUT2D eigenvalue weighted by molar-refractivity contribution is 5.77. The Morgan fingerprint density at radius 3 is 2.92 bits per heavy atom. The van der Waals surface area contributed by atoms with Gasteiger partial charge in [-0.2, -0.15) is 0 Å². The van der Waals surface area contributed by atoms with Crippen molar-refractivity contribution in [3.8, 4) is 0 Å². The summed E-state index contributed by atoms with van der Waals surface area (Å²) in [7, 11) is 1.51. The quantitative estimate of drug-likeness (QED) is 0.830. The van der Waals surface area contributed by atoms with E-state index >= 15 is 0 Å². The Balaban J connectivity index is 1.71. The monoisotopic (exact) mass is 336 g/mol. The van der Waals surface area contributed by atoms with Crippen molar-refractivity contribution >= 4 is 11.8 Å². The maximum atomic E-state index is 13.5. The fraction of sp³-hybridized carbons (Fsp3) is 0.556. The smallest absolute Gasteiger partial charge is 0.248 e. The number of carbonyl (C=O) groups is 2. The molecule has 2 amide bonds. The number of hydrogen-bond acceptors (Lipinski definition) is 3. The highest BCUT2D eigenvalue weighted by atomic mass is 19.1. The fourth-order valence-electron chi connectivity index (χ4n) is 3.00. The average molecular weight is 336 g/mol. The van der Waals surface area contributed by atoms with Crippen LogP contribution >= 0.6 is 0 Å². The molecule has 6 heteroatoms. The van der Waals surface area contributed by atoms with Crippen molar-refractivity contribution in [3.05, 3.63) is 35.6 Å². The van der Waals surface area contributed by atoms with Gasteiger partial charge in [0.1, 0.15) is 12.4 Å². The Hall–Kier alpha value is -1.95. The second kappa shape index (κ2) is 9.37. The van der Waals surface area contributed by atoms with Gasteiger partial charge in [0, 0.05) is 38.7 Å². The van der Waals surface area contributed by atoms with Crippen molar-refractivity contribution in [1.82, 2.24) is 10.2 Å². The molecular formula is C18H25FN2O3. The van der Waals surface area contributed by atoms with Gasteiger partial charge in [0.25, 0.3) is 0 Å². The molecule has 0 radical (unpaired) electrons. The zero-order valence-corrected chi connectivity index (χ0v) is 14.1. The average Bonchev–Trinajstić information content (AvgIpc) is 2.60. The number of ether oxygens (including phenoxy) is 1. The van der Waals surface area contributed by atoms with Crippen LogP contribution in [0, 0.1) is 11.7 Å². The van der Waals surface area contributed by atoms with Crippen molar-refractivity contribution in [2.75, 3.05) is 26.8 Å². The summed E-state index contributed by atoms with van der Waals surface area (Å²) < 4.78 is 18.4. The van der Waals surface area contributed by atoms with E-state index < -0.39 is 0 Å². The second-order valence-electron chi connectivity index (χ2n) is 6.19. The Kier molecular flexibility index (Phi) is 7.18. The number of amides is 2. The minimum atomic E-state index is -0.308. The van der Waals surface area contributed by atoms with Gasteiger partial charge in [-0.05, 0) is 31.2 Å². The number of piperidine rings is 1. The molecule has 1 N–H and O–H groups in total. The molecule has 2 rings (SSSR count). The molecular weight excluding hydrogens is 311 g/mol. The molecule has 0 saturated carbocycles. The molecule has 0 aromatic heterocycles. The molecule has 24 heavy (non-hydrogen) atoms. The predicted octanol–water partition coefficient (Wildman–Crippen LogP) is 2.11. The van der Waals surface area contributed by atoms with Crippen LogP contribution in [0.2, 0.25) is 0 Å². The number of halogens is 1. The SMILES string of the molecule is COCC(=O)N1CCC[C@@H](CCC(=O)NCc2ccccc2F)C1. The Labute approximate surface area is 142 Å². The summed E-state index contributed by atoms with van der Waals surface area (Å²) >= 11 is 0. The first kappa shape index (κ1) is 18.4. The summed E-state index contributed by atoms with van der Waals surface area (Å²) in [4.78, 5) is 25.6.